The second-order valence-electron chi connectivity index (χ2n) is 7.56. The Bertz CT molecular complexity index is 1160. The number of carbonyl (C=O) groups is 4. The van der Waals surface area contributed by atoms with Crippen molar-refractivity contribution in [2.45, 2.75) is 31.7 Å². The van der Waals surface area contributed by atoms with Gasteiger partial charge in [0.1, 0.15) is 6.04 Å². The number of ketones is 1. The second kappa shape index (κ2) is 8.29. The van der Waals surface area contributed by atoms with Gasteiger partial charge >= 0.3 is 0 Å². The zero-order valence-electron chi connectivity index (χ0n) is 16.4. The third-order valence-electron chi connectivity index (χ3n) is 5.50. The Morgan fingerprint density at radius 1 is 1.03 bits per heavy atom. The van der Waals surface area contributed by atoms with Gasteiger partial charge in [-0.05, 0) is 55.2 Å². The van der Waals surface area contributed by atoms with E-state index in [-0.39, 0.29) is 23.3 Å². The van der Waals surface area contributed by atoms with Crippen molar-refractivity contribution in [3.63, 3.8) is 0 Å². The smallest absolute Gasteiger partial charge is 0.262 e. The van der Waals surface area contributed by atoms with Gasteiger partial charge in [0.25, 0.3) is 11.8 Å². The first-order chi connectivity index (χ1) is 14.8. The average Bonchev–Trinajstić information content (AvgIpc) is 2.98. The molecular formula is C23H18Cl2N2O4. The summed E-state index contributed by atoms with van der Waals surface area (Å²) >= 11 is 11.9. The van der Waals surface area contributed by atoms with E-state index in [1.807, 2.05) is 0 Å². The molecule has 0 radical (unpaired) electrons. The Morgan fingerprint density at radius 2 is 1.77 bits per heavy atom. The first-order valence-electron chi connectivity index (χ1n) is 9.74. The molecule has 0 saturated carbocycles. The van der Waals surface area contributed by atoms with Gasteiger partial charge in [-0.2, -0.15) is 0 Å². The summed E-state index contributed by atoms with van der Waals surface area (Å²) in [5.74, 6) is -1.49. The van der Waals surface area contributed by atoms with Crippen molar-refractivity contribution < 1.29 is 19.2 Å². The van der Waals surface area contributed by atoms with Crippen LogP contribution in [0.15, 0.2) is 48.7 Å². The first-order valence-corrected chi connectivity index (χ1v) is 10.5. The van der Waals surface area contributed by atoms with Crippen molar-refractivity contribution in [3.8, 4) is 0 Å². The fraction of sp³-hybridized carbons (Fsp3) is 0.217. The van der Waals surface area contributed by atoms with Gasteiger partial charge in [0.2, 0.25) is 5.91 Å². The van der Waals surface area contributed by atoms with Crippen molar-refractivity contribution in [3.05, 3.63) is 81.0 Å². The topological polar surface area (TPSA) is 83.6 Å². The summed E-state index contributed by atoms with van der Waals surface area (Å²) in [6.45, 7) is 3.72. The molecule has 2 aliphatic rings. The van der Waals surface area contributed by atoms with Crippen LogP contribution in [0, 0.1) is 0 Å². The molecule has 0 spiro atoms. The molecule has 8 heteroatoms. The highest BCUT2D eigenvalue weighted by Crippen LogP contribution is 2.29. The van der Waals surface area contributed by atoms with Crippen molar-refractivity contribution >= 4 is 46.7 Å². The number of hydrogen-bond acceptors (Lipinski definition) is 4. The van der Waals surface area contributed by atoms with E-state index in [0.717, 1.165) is 10.5 Å². The van der Waals surface area contributed by atoms with E-state index in [0.29, 0.717) is 40.6 Å². The molecule has 0 aromatic heterocycles. The van der Waals surface area contributed by atoms with E-state index >= 15 is 0 Å². The summed E-state index contributed by atoms with van der Waals surface area (Å²) in [4.78, 5) is 51.5. The van der Waals surface area contributed by atoms with Gasteiger partial charge < -0.3 is 5.32 Å². The Labute approximate surface area is 188 Å². The Hall–Kier alpha value is -2.96. The highest BCUT2D eigenvalue weighted by molar-refractivity contribution is 6.42. The highest BCUT2D eigenvalue weighted by atomic mass is 35.5. The van der Waals surface area contributed by atoms with Gasteiger partial charge in [0.05, 0.1) is 21.2 Å². The third kappa shape index (κ3) is 4.01. The van der Waals surface area contributed by atoms with Crippen LogP contribution in [-0.2, 0) is 11.2 Å². The normalized spacial score (nSPS) is 18.3. The van der Waals surface area contributed by atoms with Gasteiger partial charge in [-0.1, -0.05) is 35.8 Å². The predicted octanol–water partition coefficient (Wildman–Crippen LogP) is 4.20. The van der Waals surface area contributed by atoms with Gasteiger partial charge in [0, 0.05) is 17.7 Å². The summed E-state index contributed by atoms with van der Waals surface area (Å²) in [5.41, 5.74) is 2.30. The maximum Gasteiger partial charge on any atom is 0.262 e. The molecule has 158 valence electrons. The summed E-state index contributed by atoms with van der Waals surface area (Å²) in [6.07, 6.45) is 1.44. The van der Waals surface area contributed by atoms with E-state index < -0.39 is 23.8 Å². The maximum absolute atomic E-state index is 12.9. The fourth-order valence-corrected chi connectivity index (χ4v) is 4.12. The molecule has 1 N–H and O–H groups in total. The molecule has 1 unspecified atom stereocenters. The number of imide groups is 1. The number of rotatable bonds is 5. The SMILES string of the molecule is C=C1CCC(N2C(=O)c3ccc(CCC(=O)c4ccc(Cl)c(Cl)c4)cc3C2=O)C(=O)N1. The lowest BCUT2D eigenvalue weighted by atomic mass is 9.99. The van der Waals surface area contributed by atoms with Crippen LogP contribution in [0.2, 0.25) is 10.0 Å². The van der Waals surface area contributed by atoms with Crippen molar-refractivity contribution in [2.75, 3.05) is 0 Å². The number of nitrogens with zero attached hydrogens (tertiary/aromatic N) is 1. The van der Waals surface area contributed by atoms with E-state index in [2.05, 4.69) is 11.9 Å². The minimum absolute atomic E-state index is 0.109. The molecule has 1 atom stereocenters. The van der Waals surface area contributed by atoms with E-state index in [9.17, 15) is 19.2 Å². The molecule has 2 heterocycles. The number of benzene rings is 2. The van der Waals surface area contributed by atoms with Crippen LogP contribution in [0.4, 0.5) is 0 Å². The number of amides is 3. The summed E-state index contributed by atoms with van der Waals surface area (Å²) in [5, 5.41) is 3.29. The quantitative estimate of drug-likeness (QED) is 0.539. The van der Waals surface area contributed by atoms with Crippen LogP contribution >= 0.6 is 23.2 Å². The summed E-state index contributed by atoms with van der Waals surface area (Å²) in [7, 11) is 0. The number of piperidine rings is 1. The van der Waals surface area contributed by atoms with Crippen LogP contribution in [0.5, 0.6) is 0 Å². The van der Waals surface area contributed by atoms with E-state index in [1.54, 1.807) is 30.3 Å². The Morgan fingerprint density at radius 3 is 2.48 bits per heavy atom. The van der Waals surface area contributed by atoms with Crippen LogP contribution in [0.25, 0.3) is 0 Å². The number of carbonyl (C=O) groups excluding carboxylic acids is 4. The van der Waals surface area contributed by atoms with E-state index in [1.165, 1.54) is 6.07 Å². The number of fused-ring (bicyclic) bond motifs is 1. The number of Topliss-reactive ketones (excluding diaryl/α,β-unsaturated/α-hetero) is 1. The zero-order valence-corrected chi connectivity index (χ0v) is 17.9. The Balaban J connectivity index is 1.49. The monoisotopic (exact) mass is 456 g/mol. The molecule has 2 aromatic carbocycles. The van der Waals surface area contributed by atoms with Gasteiger partial charge in [0.15, 0.2) is 5.78 Å². The zero-order chi connectivity index (χ0) is 22.3. The fourth-order valence-electron chi connectivity index (χ4n) is 3.83. The number of allylic oxidation sites excluding steroid dienone is 1. The molecule has 4 rings (SSSR count). The third-order valence-corrected chi connectivity index (χ3v) is 6.24. The lowest BCUT2D eigenvalue weighted by Crippen LogP contribution is -2.51. The lowest BCUT2D eigenvalue weighted by Gasteiger charge is -2.29. The molecular weight excluding hydrogens is 439 g/mol. The standard InChI is InChI=1S/C23H18Cl2N2O4/c1-12-2-8-19(21(29)26-12)27-22(30)15-6-3-13(10-16(15)23(27)31)4-9-20(28)14-5-7-17(24)18(25)11-14/h3,5-7,10-11,19H,1-2,4,8-9H2,(H,26,29). The largest absolute Gasteiger partial charge is 0.329 e. The van der Waals surface area contributed by atoms with Gasteiger partial charge in [-0.15, -0.1) is 0 Å². The summed E-state index contributed by atoms with van der Waals surface area (Å²) in [6, 6.07) is 8.78. The number of nitrogens with one attached hydrogen (secondary N) is 1. The van der Waals surface area contributed by atoms with Crippen LogP contribution in [-0.4, -0.2) is 34.4 Å². The van der Waals surface area contributed by atoms with Crippen LogP contribution in [0.1, 0.15) is 55.9 Å². The van der Waals surface area contributed by atoms with Crippen LogP contribution in [0.3, 0.4) is 0 Å². The molecule has 1 fully saturated rings. The molecule has 1 saturated heterocycles. The van der Waals surface area contributed by atoms with Gasteiger partial charge in [-0.25, -0.2) is 0 Å². The minimum atomic E-state index is -0.849. The first kappa shape index (κ1) is 21.3. The maximum atomic E-state index is 12.9. The molecule has 3 amide bonds. The molecule has 31 heavy (non-hydrogen) atoms. The number of halogens is 2. The molecule has 2 aliphatic heterocycles. The second-order valence-corrected chi connectivity index (χ2v) is 8.37. The minimum Gasteiger partial charge on any atom is -0.329 e. The average molecular weight is 457 g/mol. The van der Waals surface area contributed by atoms with Crippen molar-refractivity contribution in [1.29, 1.82) is 0 Å². The van der Waals surface area contributed by atoms with Gasteiger partial charge in [-0.3, -0.25) is 24.1 Å². The van der Waals surface area contributed by atoms with Crippen molar-refractivity contribution in [1.82, 2.24) is 10.2 Å². The molecule has 0 bridgehead atoms. The molecule has 2 aromatic rings. The Kier molecular flexibility index (Phi) is 5.69. The van der Waals surface area contributed by atoms with E-state index in [4.69, 9.17) is 23.2 Å². The number of hydrogen-bond donors (Lipinski definition) is 1. The summed E-state index contributed by atoms with van der Waals surface area (Å²) < 4.78 is 0. The molecule has 6 nitrogen and oxygen atoms in total. The molecule has 0 aliphatic carbocycles. The predicted molar refractivity (Wildman–Crippen MR) is 116 cm³/mol. The highest BCUT2D eigenvalue weighted by Gasteiger charge is 2.43. The lowest BCUT2D eigenvalue weighted by molar-refractivity contribution is -0.125. The van der Waals surface area contributed by atoms with Crippen molar-refractivity contribution in [2.24, 2.45) is 0 Å². The number of aryl methyl sites for hydroxylation is 1. The van der Waals surface area contributed by atoms with Crippen LogP contribution < -0.4 is 5.32 Å².